The number of hydrogen-bond acceptors (Lipinski definition) is 4. The Labute approximate surface area is 193 Å². The number of hydrogen-bond donors (Lipinski definition) is 3. The molecular weight excluding hydrogens is 438 g/mol. The molecule has 3 rings (SSSR count). The zero-order valence-electron chi connectivity index (χ0n) is 18.2. The molecule has 0 spiro atoms. The molecule has 2 heterocycles. The van der Waals surface area contributed by atoms with Crippen LogP contribution in [0.15, 0.2) is 42.5 Å². The normalized spacial score (nSPS) is 18.2. The zero-order valence-corrected chi connectivity index (χ0v) is 19.0. The molecule has 1 aliphatic rings. The molecule has 1 aromatic carbocycles. The van der Waals surface area contributed by atoms with Gasteiger partial charge in [-0.15, -0.1) is 12.4 Å². The van der Waals surface area contributed by atoms with Gasteiger partial charge in [0.1, 0.15) is 5.69 Å². The second kappa shape index (κ2) is 11.3. The zero-order chi connectivity index (χ0) is 22.4. The van der Waals surface area contributed by atoms with Gasteiger partial charge < -0.3 is 16.0 Å². The third-order valence-corrected chi connectivity index (χ3v) is 5.71. The Bertz CT molecular complexity index is 927. The molecule has 0 saturated carbocycles. The fourth-order valence-electron chi connectivity index (χ4n) is 3.72. The standard InChI is InChI=1S/C23H28F2N4O2.ClH/c1-15(16-6-4-3-5-7-16)19-12-17(13-20(29-19)22(31)26-2)21(30)28-10-8-18-14-27-11-9-23(18,24)25;/h3-7,12-13,15,18,27H,8-11,14H2,1-2H3,(H,26,31)(H,28,30);1H/t15-,18?;/m0./s1. The van der Waals surface area contributed by atoms with Crippen molar-refractivity contribution < 1.29 is 18.4 Å². The summed E-state index contributed by atoms with van der Waals surface area (Å²) in [6, 6.07) is 12.7. The van der Waals surface area contributed by atoms with Crippen LogP contribution in [0.3, 0.4) is 0 Å². The fourth-order valence-corrected chi connectivity index (χ4v) is 3.72. The third kappa shape index (κ3) is 6.23. The molecule has 174 valence electrons. The number of pyridine rings is 1. The summed E-state index contributed by atoms with van der Waals surface area (Å²) in [5, 5.41) is 8.22. The molecule has 9 heteroatoms. The second-order valence-corrected chi connectivity index (χ2v) is 7.83. The number of aromatic nitrogens is 1. The molecule has 0 radical (unpaired) electrons. The van der Waals surface area contributed by atoms with Crippen LogP contribution in [0.1, 0.15) is 57.8 Å². The summed E-state index contributed by atoms with van der Waals surface area (Å²) >= 11 is 0. The van der Waals surface area contributed by atoms with Gasteiger partial charge in [0, 0.05) is 56.2 Å². The van der Waals surface area contributed by atoms with Crippen LogP contribution in [0.5, 0.6) is 0 Å². The highest BCUT2D eigenvalue weighted by molar-refractivity contribution is 5.98. The lowest BCUT2D eigenvalue weighted by Crippen LogP contribution is -2.45. The van der Waals surface area contributed by atoms with Crippen LogP contribution in [-0.2, 0) is 0 Å². The Hall–Kier alpha value is -2.58. The van der Waals surface area contributed by atoms with E-state index in [2.05, 4.69) is 20.9 Å². The number of halogens is 3. The van der Waals surface area contributed by atoms with Crippen molar-refractivity contribution in [3.8, 4) is 0 Å². The van der Waals surface area contributed by atoms with Gasteiger partial charge in [-0.3, -0.25) is 9.59 Å². The third-order valence-electron chi connectivity index (χ3n) is 5.71. The largest absolute Gasteiger partial charge is 0.354 e. The Morgan fingerprint density at radius 3 is 2.59 bits per heavy atom. The van der Waals surface area contributed by atoms with E-state index in [9.17, 15) is 18.4 Å². The summed E-state index contributed by atoms with van der Waals surface area (Å²) in [7, 11) is 1.50. The number of carbonyl (C=O) groups excluding carboxylic acids is 2. The van der Waals surface area contributed by atoms with Gasteiger partial charge >= 0.3 is 0 Å². The Kier molecular flexibility index (Phi) is 9.09. The highest BCUT2D eigenvalue weighted by atomic mass is 35.5. The first-order valence-electron chi connectivity index (χ1n) is 10.5. The van der Waals surface area contributed by atoms with Crippen molar-refractivity contribution in [2.45, 2.75) is 31.6 Å². The molecule has 32 heavy (non-hydrogen) atoms. The van der Waals surface area contributed by atoms with Crippen molar-refractivity contribution in [3.05, 3.63) is 65.0 Å². The van der Waals surface area contributed by atoms with Crippen LogP contribution in [0.25, 0.3) is 0 Å². The molecule has 2 aromatic rings. The number of piperidine rings is 1. The summed E-state index contributed by atoms with van der Waals surface area (Å²) < 4.78 is 28.0. The predicted octanol–water partition coefficient (Wildman–Crippen LogP) is 3.38. The summed E-state index contributed by atoms with van der Waals surface area (Å²) in [4.78, 5) is 29.4. The number of amides is 2. The quantitative estimate of drug-likeness (QED) is 0.584. The summed E-state index contributed by atoms with van der Waals surface area (Å²) in [6.45, 7) is 2.61. The van der Waals surface area contributed by atoms with Crippen molar-refractivity contribution in [2.24, 2.45) is 5.92 Å². The van der Waals surface area contributed by atoms with Crippen LogP contribution in [0.2, 0.25) is 0 Å². The number of nitrogens with one attached hydrogen (secondary N) is 3. The van der Waals surface area contributed by atoms with E-state index in [1.165, 1.54) is 13.1 Å². The maximum absolute atomic E-state index is 14.0. The highest BCUT2D eigenvalue weighted by Crippen LogP contribution is 2.32. The van der Waals surface area contributed by atoms with E-state index in [1.54, 1.807) is 6.07 Å². The van der Waals surface area contributed by atoms with Crippen LogP contribution in [0.4, 0.5) is 8.78 Å². The smallest absolute Gasteiger partial charge is 0.269 e. The Morgan fingerprint density at radius 2 is 1.94 bits per heavy atom. The van der Waals surface area contributed by atoms with Gasteiger partial charge in [-0.2, -0.15) is 0 Å². The van der Waals surface area contributed by atoms with E-state index in [-0.39, 0.29) is 55.5 Å². The monoisotopic (exact) mass is 466 g/mol. The molecule has 1 saturated heterocycles. The number of rotatable bonds is 7. The first kappa shape index (κ1) is 25.7. The fraction of sp³-hybridized carbons (Fsp3) is 0.435. The maximum Gasteiger partial charge on any atom is 0.269 e. The molecule has 2 amide bonds. The summed E-state index contributed by atoms with van der Waals surface area (Å²) in [5.74, 6) is -4.49. The Morgan fingerprint density at radius 1 is 1.22 bits per heavy atom. The van der Waals surface area contributed by atoms with Gasteiger partial charge in [0.05, 0.1) is 0 Å². The molecular formula is C23H29ClF2N4O2. The lowest BCUT2D eigenvalue weighted by atomic mass is 9.92. The summed E-state index contributed by atoms with van der Waals surface area (Å²) in [6.07, 6.45) is -0.0153. The predicted molar refractivity (Wildman–Crippen MR) is 122 cm³/mol. The lowest BCUT2D eigenvalue weighted by molar-refractivity contribution is -0.0801. The molecule has 1 aliphatic heterocycles. The highest BCUT2D eigenvalue weighted by Gasteiger charge is 2.40. The van der Waals surface area contributed by atoms with Crippen LogP contribution < -0.4 is 16.0 Å². The van der Waals surface area contributed by atoms with Gasteiger partial charge in [-0.05, 0) is 24.1 Å². The van der Waals surface area contributed by atoms with Crippen molar-refractivity contribution in [1.82, 2.24) is 20.9 Å². The lowest BCUT2D eigenvalue weighted by Gasteiger charge is -2.31. The van der Waals surface area contributed by atoms with Crippen LogP contribution >= 0.6 is 12.4 Å². The van der Waals surface area contributed by atoms with E-state index in [4.69, 9.17) is 0 Å². The van der Waals surface area contributed by atoms with E-state index < -0.39 is 23.7 Å². The molecule has 1 aromatic heterocycles. The van der Waals surface area contributed by atoms with Gasteiger partial charge in [-0.25, -0.2) is 13.8 Å². The van der Waals surface area contributed by atoms with E-state index >= 15 is 0 Å². The topological polar surface area (TPSA) is 83.1 Å². The molecule has 2 atom stereocenters. The minimum Gasteiger partial charge on any atom is -0.354 e. The molecule has 0 bridgehead atoms. The number of nitrogens with zero attached hydrogens (tertiary/aromatic N) is 1. The number of carbonyl (C=O) groups is 2. The number of benzene rings is 1. The van der Waals surface area contributed by atoms with Crippen molar-refractivity contribution in [1.29, 1.82) is 0 Å². The average Bonchev–Trinajstić information content (AvgIpc) is 2.79. The SMILES string of the molecule is CNC(=O)c1cc(C(=O)NCCC2CNCCC2(F)F)cc([C@@H](C)c2ccccc2)n1.Cl. The second-order valence-electron chi connectivity index (χ2n) is 7.83. The van der Waals surface area contributed by atoms with Crippen LogP contribution in [0, 0.1) is 5.92 Å². The van der Waals surface area contributed by atoms with Gasteiger partial charge in [0.25, 0.3) is 17.7 Å². The van der Waals surface area contributed by atoms with E-state index in [0.717, 1.165) is 5.56 Å². The molecule has 3 N–H and O–H groups in total. The molecule has 6 nitrogen and oxygen atoms in total. The Balaban J connectivity index is 0.00000363. The summed E-state index contributed by atoms with van der Waals surface area (Å²) in [5.41, 5.74) is 2.00. The first-order valence-corrected chi connectivity index (χ1v) is 10.5. The number of alkyl halides is 2. The maximum atomic E-state index is 14.0. The van der Waals surface area contributed by atoms with Gasteiger partial charge in [0.15, 0.2) is 0 Å². The molecule has 1 fully saturated rings. The first-order chi connectivity index (χ1) is 14.8. The van der Waals surface area contributed by atoms with Crippen molar-refractivity contribution in [3.63, 3.8) is 0 Å². The van der Waals surface area contributed by atoms with E-state index in [1.807, 2.05) is 37.3 Å². The van der Waals surface area contributed by atoms with Crippen LogP contribution in [-0.4, -0.2) is 49.4 Å². The minimum atomic E-state index is -2.72. The molecule has 1 unspecified atom stereocenters. The van der Waals surface area contributed by atoms with E-state index in [0.29, 0.717) is 12.2 Å². The van der Waals surface area contributed by atoms with Crippen molar-refractivity contribution in [2.75, 3.05) is 26.7 Å². The average molecular weight is 467 g/mol. The molecule has 0 aliphatic carbocycles. The van der Waals surface area contributed by atoms with Crippen molar-refractivity contribution >= 4 is 24.2 Å². The van der Waals surface area contributed by atoms with Gasteiger partial charge in [-0.1, -0.05) is 37.3 Å². The minimum absolute atomic E-state index is 0. The van der Waals surface area contributed by atoms with Gasteiger partial charge in [0.2, 0.25) is 0 Å².